The second-order valence-corrected chi connectivity index (χ2v) is 4.97. The van der Waals surface area contributed by atoms with E-state index in [0.29, 0.717) is 24.5 Å². The Morgan fingerprint density at radius 2 is 1.76 bits per heavy atom. The van der Waals surface area contributed by atoms with Crippen molar-refractivity contribution in [2.75, 3.05) is 36.0 Å². The van der Waals surface area contributed by atoms with E-state index in [2.05, 4.69) is 14.9 Å². The van der Waals surface area contributed by atoms with E-state index in [1.54, 1.807) is 18.5 Å². The summed E-state index contributed by atoms with van der Waals surface area (Å²) in [7, 11) is 0. The van der Waals surface area contributed by atoms with Gasteiger partial charge in [-0.1, -0.05) is 6.07 Å². The molecule has 0 aromatic carbocycles. The van der Waals surface area contributed by atoms with Crippen molar-refractivity contribution in [2.45, 2.75) is 6.54 Å². The van der Waals surface area contributed by atoms with Crippen molar-refractivity contribution >= 4 is 11.6 Å². The first-order valence-corrected chi connectivity index (χ1v) is 7.04. The molecule has 1 aliphatic heterocycles. The highest BCUT2D eigenvalue weighted by Crippen LogP contribution is 2.21. The van der Waals surface area contributed by atoms with E-state index >= 15 is 0 Å². The number of anilines is 2. The first kappa shape index (κ1) is 13.8. The van der Waals surface area contributed by atoms with Crippen molar-refractivity contribution in [2.24, 2.45) is 5.73 Å². The van der Waals surface area contributed by atoms with Crippen LogP contribution in [0.5, 0.6) is 0 Å². The molecule has 2 N–H and O–H groups in total. The van der Waals surface area contributed by atoms with Crippen LogP contribution in [-0.2, 0) is 6.54 Å². The van der Waals surface area contributed by atoms with Crippen molar-refractivity contribution in [1.82, 2.24) is 9.97 Å². The van der Waals surface area contributed by atoms with Gasteiger partial charge in [0.15, 0.2) is 11.6 Å². The maximum atomic E-state index is 14.3. The molecule has 0 aliphatic carbocycles. The van der Waals surface area contributed by atoms with Gasteiger partial charge in [0.1, 0.15) is 5.82 Å². The Kier molecular flexibility index (Phi) is 3.96. The lowest BCUT2D eigenvalue weighted by molar-refractivity contribution is 0.576. The summed E-state index contributed by atoms with van der Waals surface area (Å²) in [5.41, 5.74) is 6.05. The van der Waals surface area contributed by atoms with Gasteiger partial charge in [0.2, 0.25) is 0 Å². The Morgan fingerprint density at radius 1 is 1.00 bits per heavy atom. The summed E-state index contributed by atoms with van der Waals surface area (Å²) in [4.78, 5) is 12.7. The van der Waals surface area contributed by atoms with E-state index < -0.39 is 0 Å². The van der Waals surface area contributed by atoms with Gasteiger partial charge < -0.3 is 15.5 Å². The van der Waals surface area contributed by atoms with Crippen LogP contribution in [0, 0.1) is 5.82 Å². The molecule has 0 spiro atoms. The van der Waals surface area contributed by atoms with E-state index in [1.807, 2.05) is 23.1 Å². The summed E-state index contributed by atoms with van der Waals surface area (Å²) in [5, 5.41) is 0. The number of nitrogens with two attached hydrogens (primary N) is 1. The number of halogens is 1. The highest BCUT2D eigenvalue weighted by atomic mass is 19.1. The molecule has 0 unspecified atom stereocenters. The van der Waals surface area contributed by atoms with Gasteiger partial charge in [-0.3, -0.25) is 0 Å². The van der Waals surface area contributed by atoms with E-state index in [1.165, 1.54) is 0 Å². The average molecular weight is 287 g/mol. The van der Waals surface area contributed by atoms with E-state index in [9.17, 15) is 4.39 Å². The molecule has 1 saturated heterocycles. The molecular weight excluding hydrogens is 269 g/mol. The van der Waals surface area contributed by atoms with Crippen LogP contribution in [0.4, 0.5) is 16.0 Å². The van der Waals surface area contributed by atoms with Gasteiger partial charge in [-0.15, -0.1) is 0 Å². The minimum absolute atomic E-state index is 0.190. The van der Waals surface area contributed by atoms with Crippen molar-refractivity contribution in [3.05, 3.63) is 48.0 Å². The lowest BCUT2D eigenvalue weighted by Crippen LogP contribution is -2.47. The fourth-order valence-corrected chi connectivity index (χ4v) is 2.54. The van der Waals surface area contributed by atoms with Gasteiger partial charge in [0.05, 0.1) is 0 Å². The third-order valence-corrected chi connectivity index (χ3v) is 3.72. The summed E-state index contributed by atoms with van der Waals surface area (Å²) in [5.74, 6) is 1.06. The van der Waals surface area contributed by atoms with Crippen LogP contribution in [0.25, 0.3) is 0 Å². The molecule has 0 bridgehead atoms. The summed E-state index contributed by atoms with van der Waals surface area (Å²) in [6.07, 6.45) is 3.40. The Morgan fingerprint density at radius 3 is 2.43 bits per heavy atom. The first-order chi connectivity index (χ1) is 10.3. The van der Waals surface area contributed by atoms with Crippen molar-refractivity contribution in [1.29, 1.82) is 0 Å². The van der Waals surface area contributed by atoms with Gasteiger partial charge in [-0.05, 0) is 18.2 Å². The fourth-order valence-electron chi connectivity index (χ4n) is 2.54. The van der Waals surface area contributed by atoms with E-state index in [4.69, 9.17) is 5.73 Å². The summed E-state index contributed by atoms with van der Waals surface area (Å²) < 4.78 is 14.3. The van der Waals surface area contributed by atoms with Crippen LogP contribution in [0.3, 0.4) is 0 Å². The Balaban J connectivity index is 1.72. The quantitative estimate of drug-likeness (QED) is 0.925. The number of nitrogens with zero attached hydrogens (tertiary/aromatic N) is 4. The first-order valence-electron chi connectivity index (χ1n) is 7.04. The topological polar surface area (TPSA) is 58.3 Å². The molecule has 0 amide bonds. The highest BCUT2D eigenvalue weighted by Gasteiger charge is 2.22. The van der Waals surface area contributed by atoms with Crippen LogP contribution in [0.15, 0.2) is 36.7 Å². The molecule has 0 atom stereocenters. The minimum Gasteiger partial charge on any atom is -0.353 e. The Bertz CT molecular complexity index is 596. The summed E-state index contributed by atoms with van der Waals surface area (Å²) in [6.45, 7) is 3.22. The van der Waals surface area contributed by atoms with Crippen molar-refractivity contribution in [3.8, 4) is 0 Å². The molecule has 3 rings (SSSR count). The van der Waals surface area contributed by atoms with E-state index in [0.717, 1.165) is 18.9 Å². The van der Waals surface area contributed by atoms with Gasteiger partial charge in [0.25, 0.3) is 0 Å². The van der Waals surface area contributed by atoms with Crippen LogP contribution >= 0.6 is 0 Å². The average Bonchev–Trinajstić information content (AvgIpc) is 2.56. The van der Waals surface area contributed by atoms with Gasteiger partial charge in [0, 0.05) is 50.7 Å². The molecule has 6 heteroatoms. The normalized spacial score (nSPS) is 15.3. The van der Waals surface area contributed by atoms with Gasteiger partial charge in [-0.25, -0.2) is 14.4 Å². The number of rotatable bonds is 3. The zero-order chi connectivity index (χ0) is 14.7. The highest BCUT2D eigenvalue weighted by molar-refractivity contribution is 5.47. The fraction of sp³-hybridized carbons (Fsp3) is 0.333. The maximum absolute atomic E-state index is 14.3. The molecular formula is C15H18FN5. The predicted molar refractivity (Wildman–Crippen MR) is 80.7 cm³/mol. The van der Waals surface area contributed by atoms with Crippen LogP contribution < -0.4 is 15.5 Å². The Hall–Kier alpha value is -2.21. The van der Waals surface area contributed by atoms with Crippen LogP contribution in [0.2, 0.25) is 0 Å². The molecule has 1 fully saturated rings. The Labute approximate surface area is 123 Å². The van der Waals surface area contributed by atoms with Crippen LogP contribution in [0.1, 0.15) is 5.56 Å². The molecule has 0 radical (unpaired) electrons. The lowest BCUT2D eigenvalue weighted by Gasteiger charge is -2.36. The standard InChI is InChI=1S/C15H18FN5/c16-14-12(11-17)4-6-19-15(14)21-9-7-20(8-10-21)13-3-1-2-5-18-13/h1-6H,7-11,17H2. The molecule has 2 aromatic rings. The summed E-state index contributed by atoms with van der Waals surface area (Å²) in [6, 6.07) is 7.49. The predicted octanol–water partition coefficient (Wildman–Crippen LogP) is 1.40. The second-order valence-electron chi connectivity index (χ2n) is 4.97. The molecule has 3 heterocycles. The third-order valence-electron chi connectivity index (χ3n) is 3.72. The van der Waals surface area contributed by atoms with Crippen molar-refractivity contribution in [3.63, 3.8) is 0 Å². The molecule has 2 aromatic heterocycles. The van der Waals surface area contributed by atoms with Gasteiger partial charge >= 0.3 is 0 Å². The molecule has 1 aliphatic rings. The van der Waals surface area contributed by atoms with Crippen molar-refractivity contribution < 1.29 is 4.39 Å². The molecule has 21 heavy (non-hydrogen) atoms. The van der Waals surface area contributed by atoms with E-state index in [-0.39, 0.29) is 12.4 Å². The second kappa shape index (κ2) is 6.05. The van der Waals surface area contributed by atoms with Gasteiger partial charge in [-0.2, -0.15) is 0 Å². The maximum Gasteiger partial charge on any atom is 0.170 e. The molecule has 0 saturated carbocycles. The number of pyridine rings is 2. The zero-order valence-electron chi connectivity index (χ0n) is 11.7. The number of aromatic nitrogens is 2. The SMILES string of the molecule is NCc1ccnc(N2CCN(c3ccccn3)CC2)c1F. The van der Waals surface area contributed by atoms with Crippen LogP contribution in [-0.4, -0.2) is 36.1 Å². The number of piperazine rings is 1. The number of hydrogen-bond donors (Lipinski definition) is 1. The lowest BCUT2D eigenvalue weighted by atomic mass is 10.2. The monoisotopic (exact) mass is 287 g/mol. The molecule has 110 valence electrons. The smallest absolute Gasteiger partial charge is 0.170 e. The zero-order valence-corrected chi connectivity index (χ0v) is 11.7. The third kappa shape index (κ3) is 2.80. The minimum atomic E-state index is -0.300. The molecule has 5 nitrogen and oxygen atoms in total. The summed E-state index contributed by atoms with van der Waals surface area (Å²) >= 11 is 0. The largest absolute Gasteiger partial charge is 0.353 e. The number of hydrogen-bond acceptors (Lipinski definition) is 5.